The van der Waals surface area contributed by atoms with Crippen molar-refractivity contribution in [3.8, 4) is 0 Å². The van der Waals surface area contributed by atoms with Gasteiger partial charge in [0.1, 0.15) is 5.58 Å². The van der Waals surface area contributed by atoms with Crippen molar-refractivity contribution in [1.82, 2.24) is 10.6 Å². The maximum Gasteiger partial charge on any atom is 0.287 e. The lowest BCUT2D eigenvalue weighted by Gasteiger charge is -2.07. The van der Waals surface area contributed by atoms with E-state index in [2.05, 4.69) is 10.6 Å². The Bertz CT molecular complexity index is 583. The molecule has 0 unspecified atom stereocenters. The first-order chi connectivity index (χ1) is 9.58. The van der Waals surface area contributed by atoms with Gasteiger partial charge >= 0.3 is 0 Å². The van der Waals surface area contributed by atoms with Gasteiger partial charge in [-0.15, -0.1) is 0 Å². The van der Waals surface area contributed by atoms with Gasteiger partial charge in [-0.3, -0.25) is 9.59 Å². The van der Waals surface area contributed by atoms with Crippen LogP contribution in [0.1, 0.15) is 24.4 Å². The molecular weight excluding hydrogens is 256 g/mol. The molecule has 2 amide bonds. The highest BCUT2D eigenvalue weighted by atomic mass is 16.3. The Morgan fingerprint density at radius 1 is 1.15 bits per heavy atom. The largest absolute Gasteiger partial charge is 0.451 e. The van der Waals surface area contributed by atoms with Gasteiger partial charge in [0, 0.05) is 24.4 Å². The summed E-state index contributed by atoms with van der Waals surface area (Å²) < 4.78 is 5.45. The zero-order chi connectivity index (χ0) is 14.5. The van der Waals surface area contributed by atoms with Crippen LogP contribution in [0.5, 0.6) is 0 Å². The van der Waals surface area contributed by atoms with Crippen LogP contribution >= 0.6 is 0 Å². The molecule has 0 radical (unpaired) electrons. The van der Waals surface area contributed by atoms with Crippen LogP contribution in [-0.2, 0) is 4.79 Å². The van der Waals surface area contributed by atoms with Gasteiger partial charge in [-0.2, -0.15) is 0 Å². The summed E-state index contributed by atoms with van der Waals surface area (Å²) in [4.78, 5) is 23.2. The van der Waals surface area contributed by atoms with E-state index in [1.165, 1.54) is 0 Å². The molecule has 20 heavy (non-hydrogen) atoms. The molecule has 2 rings (SSSR count). The number of para-hydroxylation sites is 1. The van der Waals surface area contributed by atoms with E-state index < -0.39 is 0 Å². The number of rotatable bonds is 5. The van der Waals surface area contributed by atoms with Crippen LogP contribution in [0.25, 0.3) is 11.0 Å². The summed E-state index contributed by atoms with van der Waals surface area (Å²) in [5, 5.41) is 6.33. The van der Waals surface area contributed by atoms with Crippen LogP contribution in [0.2, 0.25) is 0 Å². The maximum absolute atomic E-state index is 11.9. The number of amides is 2. The Hall–Kier alpha value is -2.30. The van der Waals surface area contributed by atoms with Gasteiger partial charge in [-0.1, -0.05) is 32.0 Å². The quantitative estimate of drug-likeness (QED) is 0.818. The predicted octanol–water partition coefficient (Wildman–Crippen LogP) is 1.93. The van der Waals surface area contributed by atoms with Crippen molar-refractivity contribution < 1.29 is 14.0 Å². The van der Waals surface area contributed by atoms with E-state index in [1.807, 2.05) is 38.1 Å². The van der Waals surface area contributed by atoms with Crippen molar-refractivity contribution >= 4 is 22.8 Å². The summed E-state index contributed by atoms with van der Waals surface area (Å²) >= 11 is 0. The van der Waals surface area contributed by atoms with E-state index in [0.717, 1.165) is 5.39 Å². The predicted molar refractivity (Wildman–Crippen MR) is 76.4 cm³/mol. The maximum atomic E-state index is 11.9. The Morgan fingerprint density at radius 2 is 1.85 bits per heavy atom. The van der Waals surface area contributed by atoms with Crippen LogP contribution < -0.4 is 10.6 Å². The number of carbonyl (C=O) groups is 2. The zero-order valence-corrected chi connectivity index (χ0v) is 11.6. The lowest BCUT2D eigenvalue weighted by Crippen LogP contribution is -2.36. The SMILES string of the molecule is CC(C)C(=O)NCCNC(=O)c1cc2ccccc2o1. The molecule has 1 aromatic carbocycles. The van der Waals surface area contributed by atoms with Crippen LogP contribution in [0.15, 0.2) is 34.7 Å². The normalized spacial score (nSPS) is 10.8. The van der Waals surface area contributed by atoms with Gasteiger partial charge in [-0.05, 0) is 12.1 Å². The van der Waals surface area contributed by atoms with Crippen molar-refractivity contribution in [2.75, 3.05) is 13.1 Å². The van der Waals surface area contributed by atoms with Crippen LogP contribution in [0.3, 0.4) is 0 Å². The van der Waals surface area contributed by atoms with Gasteiger partial charge in [0.2, 0.25) is 5.91 Å². The van der Waals surface area contributed by atoms with E-state index in [4.69, 9.17) is 4.42 Å². The average molecular weight is 274 g/mol. The van der Waals surface area contributed by atoms with E-state index in [1.54, 1.807) is 6.07 Å². The molecule has 2 aromatic rings. The monoisotopic (exact) mass is 274 g/mol. The number of hydrogen-bond acceptors (Lipinski definition) is 3. The third-order valence-corrected chi connectivity index (χ3v) is 2.88. The molecule has 0 spiro atoms. The standard InChI is InChI=1S/C15H18N2O3/c1-10(2)14(18)16-7-8-17-15(19)13-9-11-5-3-4-6-12(11)20-13/h3-6,9-10H,7-8H2,1-2H3,(H,16,18)(H,17,19). The molecule has 1 aromatic heterocycles. The molecule has 2 N–H and O–H groups in total. The number of nitrogens with one attached hydrogen (secondary N) is 2. The minimum Gasteiger partial charge on any atom is -0.451 e. The van der Waals surface area contributed by atoms with Crippen molar-refractivity contribution in [3.63, 3.8) is 0 Å². The van der Waals surface area contributed by atoms with E-state index in [0.29, 0.717) is 18.7 Å². The fourth-order valence-electron chi connectivity index (χ4n) is 1.75. The van der Waals surface area contributed by atoms with Gasteiger partial charge in [0.05, 0.1) is 0 Å². The summed E-state index contributed by atoms with van der Waals surface area (Å²) in [5.41, 5.74) is 0.686. The molecule has 0 fully saturated rings. The van der Waals surface area contributed by atoms with Crippen LogP contribution in [-0.4, -0.2) is 24.9 Å². The Balaban J connectivity index is 1.84. The molecule has 0 aliphatic carbocycles. The average Bonchev–Trinajstić information content (AvgIpc) is 2.86. The van der Waals surface area contributed by atoms with Crippen LogP contribution in [0.4, 0.5) is 0 Å². The third kappa shape index (κ3) is 3.38. The molecule has 106 valence electrons. The van der Waals surface area contributed by atoms with Crippen molar-refractivity contribution in [2.24, 2.45) is 5.92 Å². The Kier molecular flexibility index (Phi) is 4.40. The highest BCUT2D eigenvalue weighted by Gasteiger charge is 2.11. The van der Waals surface area contributed by atoms with Gasteiger partial charge < -0.3 is 15.1 Å². The van der Waals surface area contributed by atoms with Crippen molar-refractivity contribution in [2.45, 2.75) is 13.8 Å². The van der Waals surface area contributed by atoms with E-state index >= 15 is 0 Å². The number of benzene rings is 1. The molecule has 0 saturated heterocycles. The topological polar surface area (TPSA) is 71.3 Å². The summed E-state index contributed by atoms with van der Waals surface area (Å²) in [5.74, 6) is -0.0783. The molecular formula is C15H18N2O3. The second-order valence-electron chi connectivity index (χ2n) is 4.85. The van der Waals surface area contributed by atoms with Crippen LogP contribution in [0, 0.1) is 5.92 Å². The molecule has 0 aliphatic heterocycles. The van der Waals surface area contributed by atoms with Crippen molar-refractivity contribution in [1.29, 1.82) is 0 Å². The minimum absolute atomic E-state index is 0.0250. The molecule has 5 nitrogen and oxygen atoms in total. The minimum atomic E-state index is -0.278. The highest BCUT2D eigenvalue weighted by Crippen LogP contribution is 2.18. The van der Waals surface area contributed by atoms with Gasteiger partial charge in [0.25, 0.3) is 5.91 Å². The summed E-state index contributed by atoms with van der Waals surface area (Å²) in [7, 11) is 0. The molecule has 0 bridgehead atoms. The fourth-order valence-corrected chi connectivity index (χ4v) is 1.75. The van der Waals surface area contributed by atoms with E-state index in [9.17, 15) is 9.59 Å². The summed E-state index contributed by atoms with van der Waals surface area (Å²) in [6.45, 7) is 4.42. The Morgan fingerprint density at radius 3 is 2.55 bits per heavy atom. The third-order valence-electron chi connectivity index (χ3n) is 2.88. The second kappa shape index (κ2) is 6.23. The molecule has 0 saturated carbocycles. The molecule has 5 heteroatoms. The van der Waals surface area contributed by atoms with Gasteiger partial charge in [-0.25, -0.2) is 0 Å². The number of furan rings is 1. The number of hydrogen-bond donors (Lipinski definition) is 2. The summed E-state index contributed by atoms with van der Waals surface area (Å²) in [6.07, 6.45) is 0. The first-order valence-electron chi connectivity index (χ1n) is 6.62. The molecule has 0 aliphatic rings. The highest BCUT2D eigenvalue weighted by molar-refractivity contribution is 5.96. The first kappa shape index (κ1) is 14.1. The van der Waals surface area contributed by atoms with Gasteiger partial charge in [0.15, 0.2) is 5.76 Å². The first-order valence-corrected chi connectivity index (χ1v) is 6.62. The van der Waals surface area contributed by atoms with Crippen molar-refractivity contribution in [3.05, 3.63) is 36.1 Å². The van der Waals surface area contributed by atoms with E-state index in [-0.39, 0.29) is 23.5 Å². The fraction of sp³-hybridized carbons (Fsp3) is 0.333. The lowest BCUT2D eigenvalue weighted by atomic mass is 10.2. The number of fused-ring (bicyclic) bond motifs is 1. The molecule has 0 atom stereocenters. The zero-order valence-electron chi connectivity index (χ0n) is 11.6. The number of carbonyl (C=O) groups excluding carboxylic acids is 2. The molecule has 1 heterocycles. The smallest absolute Gasteiger partial charge is 0.287 e. The summed E-state index contributed by atoms with van der Waals surface area (Å²) in [6, 6.07) is 9.15. The Labute approximate surface area is 117 Å². The lowest BCUT2D eigenvalue weighted by molar-refractivity contribution is -0.123. The second-order valence-corrected chi connectivity index (χ2v) is 4.85.